The molecule has 3 nitrogen and oxygen atoms in total. The number of carbonyl (C=O) groups excluding carboxylic acids is 1. The molecule has 2 aromatic carbocycles. The number of ether oxygens (including phenoxy) is 1. The van der Waals surface area contributed by atoms with Crippen molar-refractivity contribution >= 4 is 5.91 Å². The summed E-state index contributed by atoms with van der Waals surface area (Å²) in [4.78, 5) is 14.2. The lowest BCUT2D eigenvalue weighted by molar-refractivity contribution is -0.132. The van der Waals surface area contributed by atoms with Gasteiger partial charge in [0.25, 0.3) is 0 Å². The van der Waals surface area contributed by atoms with Crippen molar-refractivity contribution in [1.82, 2.24) is 4.90 Å². The van der Waals surface area contributed by atoms with E-state index in [2.05, 4.69) is 18.2 Å². The monoisotopic (exact) mass is 281 g/mol. The summed E-state index contributed by atoms with van der Waals surface area (Å²) in [6, 6.07) is 18.0. The number of nitrogens with zero attached hydrogens (tertiary/aromatic N) is 1. The highest BCUT2D eigenvalue weighted by molar-refractivity contribution is 5.76. The Morgan fingerprint density at radius 3 is 2.52 bits per heavy atom. The van der Waals surface area contributed by atoms with E-state index in [9.17, 15) is 4.79 Å². The van der Waals surface area contributed by atoms with E-state index in [1.165, 1.54) is 11.1 Å². The van der Waals surface area contributed by atoms with Gasteiger partial charge in [0.2, 0.25) is 5.91 Å². The fourth-order valence-corrected chi connectivity index (χ4v) is 2.64. The van der Waals surface area contributed by atoms with Crippen molar-refractivity contribution in [3.05, 3.63) is 65.7 Å². The zero-order valence-corrected chi connectivity index (χ0v) is 12.0. The summed E-state index contributed by atoms with van der Waals surface area (Å²) >= 11 is 0. The van der Waals surface area contributed by atoms with Crippen molar-refractivity contribution in [2.45, 2.75) is 19.4 Å². The number of fused-ring (bicyclic) bond motifs is 1. The fourth-order valence-electron chi connectivity index (χ4n) is 2.64. The third kappa shape index (κ3) is 3.43. The van der Waals surface area contributed by atoms with E-state index >= 15 is 0 Å². The van der Waals surface area contributed by atoms with Crippen LogP contribution in [-0.4, -0.2) is 24.0 Å². The molecule has 0 N–H and O–H groups in total. The summed E-state index contributed by atoms with van der Waals surface area (Å²) in [7, 11) is 0. The highest BCUT2D eigenvalue weighted by Gasteiger charge is 2.19. The van der Waals surface area contributed by atoms with Gasteiger partial charge in [-0.25, -0.2) is 0 Å². The van der Waals surface area contributed by atoms with Crippen LogP contribution >= 0.6 is 0 Å². The average Bonchev–Trinajstić information content (AvgIpc) is 2.55. The molecule has 3 rings (SSSR count). The van der Waals surface area contributed by atoms with Gasteiger partial charge in [0, 0.05) is 13.1 Å². The summed E-state index contributed by atoms with van der Waals surface area (Å²) in [6.45, 7) is 1.96. The van der Waals surface area contributed by atoms with Crippen LogP contribution in [0.2, 0.25) is 0 Å². The van der Waals surface area contributed by atoms with E-state index in [1.54, 1.807) is 0 Å². The second-order valence-electron chi connectivity index (χ2n) is 5.25. The number of carbonyl (C=O) groups is 1. The van der Waals surface area contributed by atoms with Crippen LogP contribution in [0.4, 0.5) is 0 Å². The number of rotatable bonds is 4. The van der Waals surface area contributed by atoms with E-state index in [0.717, 1.165) is 25.3 Å². The highest BCUT2D eigenvalue weighted by atomic mass is 16.5. The smallest absolute Gasteiger partial charge is 0.226 e. The molecule has 1 aliphatic heterocycles. The van der Waals surface area contributed by atoms with Crippen molar-refractivity contribution in [3.8, 4) is 5.75 Å². The predicted octanol–water partition coefficient (Wildman–Crippen LogP) is 3.04. The first-order valence-corrected chi connectivity index (χ1v) is 7.35. The summed E-state index contributed by atoms with van der Waals surface area (Å²) in [5.74, 6) is 0.981. The van der Waals surface area contributed by atoms with Crippen LogP contribution < -0.4 is 4.74 Å². The van der Waals surface area contributed by atoms with Crippen molar-refractivity contribution in [1.29, 1.82) is 0 Å². The van der Waals surface area contributed by atoms with Gasteiger partial charge in [0.15, 0.2) is 0 Å². The second kappa shape index (κ2) is 6.44. The molecule has 108 valence electrons. The molecule has 2 aromatic rings. The zero-order chi connectivity index (χ0) is 14.5. The Kier molecular flexibility index (Phi) is 4.20. The van der Waals surface area contributed by atoms with Crippen LogP contribution in [0.25, 0.3) is 0 Å². The number of amides is 1. The van der Waals surface area contributed by atoms with Gasteiger partial charge >= 0.3 is 0 Å². The molecule has 1 amide bonds. The fraction of sp³-hybridized carbons (Fsp3) is 0.278. The minimum atomic E-state index is 0.167. The lowest BCUT2D eigenvalue weighted by atomic mass is 10.00. The molecule has 0 aliphatic carbocycles. The first-order chi connectivity index (χ1) is 10.3. The lowest BCUT2D eigenvalue weighted by Crippen LogP contribution is -2.36. The molecule has 0 unspecified atom stereocenters. The van der Waals surface area contributed by atoms with Crippen molar-refractivity contribution in [3.63, 3.8) is 0 Å². The molecule has 3 heteroatoms. The molecular formula is C18H19NO2. The molecule has 21 heavy (non-hydrogen) atoms. The summed E-state index contributed by atoms with van der Waals surface area (Å²) < 4.78 is 5.59. The van der Waals surface area contributed by atoms with Crippen LogP contribution in [0.15, 0.2) is 54.6 Å². The minimum Gasteiger partial charge on any atom is -0.493 e. The second-order valence-corrected chi connectivity index (χ2v) is 5.25. The third-order valence-corrected chi connectivity index (χ3v) is 3.81. The molecule has 1 heterocycles. The van der Waals surface area contributed by atoms with Gasteiger partial charge < -0.3 is 9.64 Å². The van der Waals surface area contributed by atoms with Crippen LogP contribution in [-0.2, 0) is 17.8 Å². The van der Waals surface area contributed by atoms with E-state index < -0.39 is 0 Å². The van der Waals surface area contributed by atoms with Gasteiger partial charge in [0.1, 0.15) is 5.75 Å². The van der Waals surface area contributed by atoms with Gasteiger partial charge in [-0.05, 0) is 29.7 Å². The van der Waals surface area contributed by atoms with E-state index in [1.807, 2.05) is 41.3 Å². The molecule has 0 spiro atoms. The third-order valence-electron chi connectivity index (χ3n) is 3.81. The Bertz CT molecular complexity index is 610. The zero-order valence-electron chi connectivity index (χ0n) is 12.0. The maximum Gasteiger partial charge on any atom is 0.226 e. The van der Waals surface area contributed by atoms with E-state index in [4.69, 9.17) is 4.74 Å². The molecule has 1 aliphatic rings. The molecule has 0 aromatic heterocycles. The molecule has 0 bridgehead atoms. The Labute approximate surface area is 125 Å². The van der Waals surface area contributed by atoms with Crippen LogP contribution in [0.5, 0.6) is 5.75 Å². The van der Waals surface area contributed by atoms with Gasteiger partial charge in [-0.2, -0.15) is 0 Å². The summed E-state index contributed by atoms with van der Waals surface area (Å²) in [5, 5.41) is 0. The molecule has 0 saturated heterocycles. The van der Waals surface area contributed by atoms with Gasteiger partial charge in [0.05, 0.1) is 13.0 Å². The normalized spacial score (nSPS) is 13.6. The van der Waals surface area contributed by atoms with Gasteiger partial charge in [-0.1, -0.05) is 42.5 Å². The summed E-state index contributed by atoms with van der Waals surface area (Å²) in [5.41, 5.74) is 2.63. The number of para-hydroxylation sites is 1. The van der Waals surface area contributed by atoms with Gasteiger partial charge in [-0.3, -0.25) is 4.79 Å². The first-order valence-electron chi connectivity index (χ1n) is 7.35. The maximum atomic E-state index is 12.2. The predicted molar refractivity (Wildman–Crippen MR) is 82.1 cm³/mol. The topological polar surface area (TPSA) is 29.5 Å². The molecular weight excluding hydrogens is 262 g/mol. The Balaban J connectivity index is 1.50. The quantitative estimate of drug-likeness (QED) is 0.862. The SMILES string of the molecule is O=C(CCOc1ccccc1)N1CCc2ccccc2C1. The molecule has 0 saturated carbocycles. The van der Waals surface area contributed by atoms with Gasteiger partial charge in [-0.15, -0.1) is 0 Å². The molecule has 0 radical (unpaired) electrons. The Hall–Kier alpha value is -2.29. The summed E-state index contributed by atoms with van der Waals surface area (Å²) in [6.07, 6.45) is 1.37. The van der Waals surface area contributed by atoms with Crippen molar-refractivity contribution in [2.75, 3.05) is 13.2 Å². The Morgan fingerprint density at radius 2 is 1.71 bits per heavy atom. The number of hydrogen-bond acceptors (Lipinski definition) is 2. The van der Waals surface area contributed by atoms with E-state index in [-0.39, 0.29) is 5.91 Å². The standard InChI is InChI=1S/C18H19NO2/c20-18(11-13-21-17-8-2-1-3-9-17)19-12-10-15-6-4-5-7-16(15)14-19/h1-9H,10-14H2. The maximum absolute atomic E-state index is 12.2. The average molecular weight is 281 g/mol. The lowest BCUT2D eigenvalue weighted by Gasteiger charge is -2.28. The van der Waals surface area contributed by atoms with Crippen molar-refractivity contribution in [2.24, 2.45) is 0 Å². The largest absolute Gasteiger partial charge is 0.493 e. The van der Waals surface area contributed by atoms with Crippen LogP contribution in [0.1, 0.15) is 17.5 Å². The van der Waals surface area contributed by atoms with Crippen LogP contribution in [0, 0.1) is 0 Å². The van der Waals surface area contributed by atoms with E-state index in [0.29, 0.717) is 13.0 Å². The highest BCUT2D eigenvalue weighted by Crippen LogP contribution is 2.19. The minimum absolute atomic E-state index is 0.167. The number of benzene rings is 2. The Morgan fingerprint density at radius 1 is 1.00 bits per heavy atom. The first kappa shape index (κ1) is 13.7. The van der Waals surface area contributed by atoms with Crippen molar-refractivity contribution < 1.29 is 9.53 Å². The molecule has 0 fully saturated rings. The number of hydrogen-bond donors (Lipinski definition) is 0. The van der Waals surface area contributed by atoms with Crippen LogP contribution in [0.3, 0.4) is 0 Å². The molecule has 0 atom stereocenters.